The Morgan fingerprint density at radius 1 is 1.06 bits per heavy atom. The molecule has 0 aliphatic rings. The average Bonchev–Trinajstić information content (AvgIpc) is 2.65. The molecule has 2 rings (SSSR count). The fraction of sp³-hybridized carbons (Fsp3) is 0.375. The molecule has 0 aliphatic heterocycles. The minimum atomic E-state index is 0.309. The summed E-state index contributed by atoms with van der Waals surface area (Å²) >= 11 is 1.89. The molecule has 0 saturated carbocycles. The van der Waals surface area contributed by atoms with Crippen LogP contribution in [0.3, 0.4) is 0 Å². The van der Waals surface area contributed by atoms with Crippen molar-refractivity contribution in [2.75, 3.05) is 7.05 Å². The highest BCUT2D eigenvalue weighted by Crippen LogP contribution is 2.33. The van der Waals surface area contributed by atoms with Gasteiger partial charge < -0.3 is 5.32 Å². The van der Waals surface area contributed by atoms with Crippen LogP contribution in [0.25, 0.3) is 0 Å². The molecule has 0 aliphatic carbocycles. The Morgan fingerprint density at radius 3 is 2.33 bits per heavy atom. The molecule has 1 nitrogen and oxygen atoms in total. The van der Waals surface area contributed by atoms with Gasteiger partial charge in [0.1, 0.15) is 0 Å². The Kier molecular flexibility index (Phi) is 3.88. The van der Waals surface area contributed by atoms with Gasteiger partial charge in [0.25, 0.3) is 0 Å². The second-order valence-corrected chi connectivity index (χ2v) is 6.20. The molecule has 2 aromatic rings. The Labute approximate surface area is 114 Å². The summed E-state index contributed by atoms with van der Waals surface area (Å²) in [5.74, 6) is 0. The quantitative estimate of drug-likeness (QED) is 0.867. The van der Waals surface area contributed by atoms with Gasteiger partial charge in [-0.15, -0.1) is 11.3 Å². The molecule has 0 radical (unpaired) electrons. The number of hydrogen-bond donors (Lipinski definition) is 1. The van der Waals surface area contributed by atoms with Crippen molar-refractivity contribution in [3.63, 3.8) is 0 Å². The summed E-state index contributed by atoms with van der Waals surface area (Å²) in [6.45, 7) is 8.77. The van der Waals surface area contributed by atoms with Gasteiger partial charge in [0.05, 0.1) is 6.04 Å². The van der Waals surface area contributed by atoms with E-state index in [9.17, 15) is 0 Å². The monoisotopic (exact) mass is 259 g/mol. The first-order chi connectivity index (χ1) is 8.54. The van der Waals surface area contributed by atoms with Crippen molar-refractivity contribution in [1.82, 2.24) is 5.32 Å². The normalized spacial score (nSPS) is 12.7. The Bertz CT molecular complexity index is 554. The van der Waals surface area contributed by atoms with Crippen LogP contribution in [0.2, 0.25) is 0 Å². The van der Waals surface area contributed by atoms with Gasteiger partial charge in [-0.3, -0.25) is 0 Å². The molecular formula is C16H21NS. The van der Waals surface area contributed by atoms with Crippen LogP contribution in [0.5, 0.6) is 0 Å². The van der Waals surface area contributed by atoms with Crippen LogP contribution in [-0.4, -0.2) is 7.05 Å². The predicted molar refractivity (Wildman–Crippen MR) is 80.6 cm³/mol. The van der Waals surface area contributed by atoms with E-state index < -0.39 is 0 Å². The van der Waals surface area contributed by atoms with Gasteiger partial charge in [-0.2, -0.15) is 0 Å². The molecule has 1 atom stereocenters. The molecule has 1 unspecified atom stereocenters. The van der Waals surface area contributed by atoms with Crippen LogP contribution < -0.4 is 5.32 Å². The molecule has 1 aromatic heterocycles. The van der Waals surface area contributed by atoms with Gasteiger partial charge in [-0.05, 0) is 63.1 Å². The van der Waals surface area contributed by atoms with Crippen LogP contribution in [0, 0.1) is 27.7 Å². The maximum Gasteiger partial charge on any atom is 0.0674 e. The lowest BCUT2D eigenvalue weighted by atomic mass is 9.95. The van der Waals surface area contributed by atoms with E-state index in [1.165, 1.54) is 32.0 Å². The van der Waals surface area contributed by atoms with Crippen molar-refractivity contribution in [3.05, 3.63) is 56.3 Å². The molecule has 18 heavy (non-hydrogen) atoms. The van der Waals surface area contributed by atoms with Crippen LogP contribution in [0.4, 0.5) is 0 Å². The molecule has 0 amide bonds. The lowest BCUT2D eigenvalue weighted by Crippen LogP contribution is -2.18. The van der Waals surface area contributed by atoms with Gasteiger partial charge in [-0.25, -0.2) is 0 Å². The molecule has 1 heterocycles. The summed E-state index contributed by atoms with van der Waals surface area (Å²) in [7, 11) is 2.04. The van der Waals surface area contributed by atoms with E-state index in [0.717, 1.165) is 0 Å². The molecule has 0 bridgehead atoms. The maximum atomic E-state index is 3.47. The van der Waals surface area contributed by atoms with Crippen molar-refractivity contribution >= 4 is 11.3 Å². The third-order valence-electron chi connectivity index (χ3n) is 3.59. The number of rotatable bonds is 3. The molecule has 0 fully saturated rings. The Hall–Kier alpha value is -1.12. The summed E-state index contributed by atoms with van der Waals surface area (Å²) in [6.07, 6.45) is 0. The molecular weight excluding hydrogens is 238 g/mol. The largest absolute Gasteiger partial charge is 0.309 e. The lowest BCUT2D eigenvalue weighted by Gasteiger charge is -2.20. The van der Waals surface area contributed by atoms with E-state index in [2.05, 4.69) is 57.3 Å². The van der Waals surface area contributed by atoms with Crippen molar-refractivity contribution in [2.45, 2.75) is 33.7 Å². The van der Waals surface area contributed by atoms with Crippen molar-refractivity contribution < 1.29 is 0 Å². The molecule has 2 heteroatoms. The minimum absolute atomic E-state index is 0.309. The Balaban J connectivity index is 2.52. The van der Waals surface area contributed by atoms with Crippen molar-refractivity contribution in [1.29, 1.82) is 0 Å². The smallest absolute Gasteiger partial charge is 0.0674 e. The predicted octanol–water partition coefficient (Wildman–Crippen LogP) is 4.29. The number of nitrogens with one attached hydrogen (secondary N) is 1. The zero-order valence-corrected chi connectivity index (χ0v) is 12.6. The summed E-state index contributed by atoms with van der Waals surface area (Å²) in [6, 6.07) is 9.15. The number of benzene rings is 1. The van der Waals surface area contributed by atoms with Crippen LogP contribution in [-0.2, 0) is 0 Å². The topological polar surface area (TPSA) is 12.0 Å². The van der Waals surface area contributed by atoms with Crippen LogP contribution in [0.1, 0.15) is 38.0 Å². The van der Waals surface area contributed by atoms with E-state index >= 15 is 0 Å². The first kappa shape index (κ1) is 13.3. The van der Waals surface area contributed by atoms with E-state index in [1.54, 1.807) is 0 Å². The highest BCUT2D eigenvalue weighted by molar-refractivity contribution is 7.12. The van der Waals surface area contributed by atoms with E-state index in [0.29, 0.717) is 6.04 Å². The zero-order chi connectivity index (χ0) is 13.3. The van der Waals surface area contributed by atoms with E-state index in [1.807, 2.05) is 18.4 Å². The fourth-order valence-corrected chi connectivity index (χ4v) is 3.63. The second-order valence-electron chi connectivity index (χ2n) is 4.92. The Morgan fingerprint density at radius 2 is 1.78 bits per heavy atom. The number of aryl methyl sites for hydroxylation is 3. The molecule has 1 aromatic carbocycles. The van der Waals surface area contributed by atoms with Crippen LogP contribution in [0.15, 0.2) is 24.3 Å². The molecule has 96 valence electrons. The second kappa shape index (κ2) is 5.25. The third kappa shape index (κ3) is 2.36. The average molecular weight is 259 g/mol. The SMILES string of the molecule is CNC(c1cccc(C)c1C)c1sc(C)cc1C. The number of hydrogen-bond acceptors (Lipinski definition) is 2. The fourth-order valence-electron chi connectivity index (χ4n) is 2.46. The number of thiophene rings is 1. The summed E-state index contributed by atoms with van der Waals surface area (Å²) < 4.78 is 0. The zero-order valence-electron chi connectivity index (χ0n) is 11.8. The summed E-state index contributed by atoms with van der Waals surface area (Å²) in [4.78, 5) is 2.82. The van der Waals surface area contributed by atoms with Gasteiger partial charge in [0, 0.05) is 9.75 Å². The van der Waals surface area contributed by atoms with Gasteiger partial charge in [-0.1, -0.05) is 18.2 Å². The van der Waals surface area contributed by atoms with Gasteiger partial charge in [0.15, 0.2) is 0 Å². The van der Waals surface area contributed by atoms with Crippen LogP contribution >= 0.6 is 11.3 Å². The minimum Gasteiger partial charge on any atom is -0.309 e. The first-order valence-corrected chi connectivity index (χ1v) is 7.16. The highest BCUT2D eigenvalue weighted by Gasteiger charge is 2.18. The summed E-state index contributed by atoms with van der Waals surface area (Å²) in [5, 5.41) is 3.47. The molecule has 0 saturated heterocycles. The standard InChI is InChI=1S/C16H21NS/c1-10-7-6-8-14(13(10)4)15(17-5)16-11(2)9-12(3)18-16/h6-9,15,17H,1-5H3. The van der Waals surface area contributed by atoms with Gasteiger partial charge in [0.2, 0.25) is 0 Å². The maximum absolute atomic E-state index is 3.47. The summed E-state index contributed by atoms with van der Waals surface area (Å²) in [5.41, 5.74) is 5.53. The third-order valence-corrected chi connectivity index (χ3v) is 4.81. The van der Waals surface area contributed by atoms with E-state index in [4.69, 9.17) is 0 Å². The first-order valence-electron chi connectivity index (χ1n) is 6.35. The van der Waals surface area contributed by atoms with Crippen molar-refractivity contribution in [3.8, 4) is 0 Å². The highest BCUT2D eigenvalue weighted by atomic mass is 32.1. The molecule has 1 N–H and O–H groups in total. The van der Waals surface area contributed by atoms with Gasteiger partial charge >= 0.3 is 0 Å². The molecule has 0 spiro atoms. The lowest BCUT2D eigenvalue weighted by molar-refractivity contribution is 0.695. The van der Waals surface area contributed by atoms with Crippen molar-refractivity contribution in [2.24, 2.45) is 0 Å². The van der Waals surface area contributed by atoms with E-state index in [-0.39, 0.29) is 0 Å².